The number of allylic oxidation sites excluding steroid dienone is 4. The smallest absolute Gasteiger partial charge is 0.328 e. The van der Waals surface area contributed by atoms with E-state index >= 15 is 0 Å². The summed E-state index contributed by atoms with van der Waals surface area (Å²) < 4.78 is 4.51. The number of nitrogens with one attached hydrogen (secondary N) is 2. The molecular formula is C14H20N2O4. The standard InChI is InChI=1S/C14H20N2O4/c1-9(13(18)16-10(2)14(19)20-3)15-12(17)8-11-6-4-5-7-11/h4-7,9-11H,8H2,1-3H3,(H,15,17)(H,16,18)/t9-,10-/m0/s1. The van der Waals surface area contributed by atoms with E-state index < -0.39 is 24.0 Å². The van der Waals surface area contributed by atoms with E-state index in [0.29, 0.717) is 6.42 Å². The lowest BCUT2D eigenvalue weighted by Gasteiger charge is -2.17. The zero-order valence-electron chi connectivity index (χ0n) is 11.9. The quantitative estimate of drug-likeness (QED) is 0.685. The van der Waals surface area contributed by atoms with Gasteiger partial charge in [-0.1, -0.05) is 24.3 Å². The fourth-order valence-corrected chi connectivity index (χ4v) is 1.77. The summed E-state index contributed by atoms with van der Waals surface area (Å²) in [6.07, 6.45) is 7.91. The second-order valence-electron chi connectivity index (χ2n) is 4.68. The first-order valence-corrected chi connectivity index (χ1v) is 6.46. The van der Waals surface area contributed by atoms with Gasteiger partial charge in [-0.3, -0.25) is 9.59 Å². The fourth-order valence-electron chi connectivity index (χ4n) is 1.77. The number of amides is 2. The molecule has 0 aliphatic heterocycles. The SMILES string of the molecule is COC(=O)[C@H](C)NC(=O)[C@H](C)NC(=O)CC1C=CC=C1. The van der Waals surface area contributed by atoms with Gasteiger partial charge in [0.25, 0.3) is 0 Å². The molecule has 2 amide bonds. The van der Waals surface area contributed by atoms with Crippen molar-refractivity contribution in [1.82, 2.24) is 10.6 Å². The Morgan fingerprint density at radius 2 is 1.70 bits per heavy atom. The van der Waals surface area contributed by atoms with Crippen molar-refractivity contribution in [3.8, 4) is 0 Å². The Kier molecular flexibility index (Phi) is 5.96. The Balaban J connectivity index is 2.37. The van der Waals surface area contributed by atoms with Gasteiger partial charge in [0, 0.05) is 12.3 Å². The first kappa shape index (κ1) is 15.9. The van der Waals surface area contributed by atoms with Gasteiger partial charge in [0.05, 0.1) is 7.11 Å². The Morgan fingerprint density at radius 1 is 1.10 bits per heavy atom. The summed E-state index contributed by atoms with van der Waals surface area (Å²) in [7, 11) is 1.25. The predicted molar refractivity (Wildman–Crippen MR) is 73.6 cm³/mol. The van der Waals surface area contributed by atoms with Crippen LogP contribution >= 0.6 is 0 Å². The maximum atomic E-state index is 11.8. The van der Waals surface area contributed by atoms with Gasteiger partial charge in [0.2, 0.25) is 11.8 Å². The second kappa shape index (κ2) is 7.47. The molecule has 110 valence electrons. The molecule has 0 aromatic heterocycles. The molecule has 0 spiro atoms. The van der Waals surface area contributed by atoms with Crippen molar-refractivity contribution < 1.29 is 19.1 Å². The summed E-state index contributed by atoms with van der Waals surface area (Å²) in [5.74, 6) is -1.08. The summed E-state index contributed by atoms with van der Waals surface area (Å²) in [6, 6.07) is -1.45. The minimum absolute atomic E-state index is 0.0826. The van der Waals surface area contributed by atoms with Crippen LogP contribution < -0.4 is 10.6 Å². The molecule has 0 aromatic rings. The Morgan fingerprint density at radius 3 is 2.25 bits per heavy atom. The number of carbonyl (C=O) groups excluding carboxylic acids is 3. The number of methoxy groups -OCH3 is 1. The predicted octanol–water partition coefficient (Wildman–Crippen LogP) is 0.301. The molecule has 0 fully saturated rings. The highest BCUT2D eigenvalue weighted by Gasteiger charge is 2.21. The van der Waals surface area contributed by atoms with Crippen LogP contribution in [0.5, 0.6) is 0 Å². The molecule has 6 nitrogen and oxygen atoms in total. The average molecular weight is 280 g/mol. The lowest BCUT2D eigenvalue weighted by Crippen LogP contribution is -2.49. The van der Waals surface area contributed by atoms with Gasteiger partial charge in [-0.2, -0.15) is 0 Å². The van der Waals surface area contributed by atoms with Crippen LogP contribution in [0.4, 0.5) is 0 Å². The molecule has 0 radical (unpaired) electrons. The fraction of sp³-hybridized carbons (Fsp3) is 0.500. The number of carbonyl (C=O) groups is 3. The molecule has 1 aliphatic rings. The van der Waals surface area contributed by atoms with E-state index in [-0.39, 0.29) is 11.8 Å². The van der Waals surface area contributed by atoms with E-state index in [1.54, 1.807) is 6.92 Å². The number of hydrogen-bond acceptors (Lipinski definition) is 4. The van der Waals surface area contributed by atoms with Crippen molar-refractivity contribution in [2.24, 2.45) is 5.92 Å². The third kappa shape index (κ3) is 4.87. The van der Waals surface area contributed by atoms with E-state index in [1.165, 1.54) is 14.0 Å². The van der Waals surface area contributed by atoms with E-state index in [9.17, 15) is 14.4 Å². The number of rotatable bonds is 6. The monoisotopic (exact) mass is 280 g/mol. The van der Waals surface area contributed by atoms with Gasteiger partial charge in [0.15, 0.2) is 0 Å². The van der Waals surface area contributed by atoms with Gasteiger partial charge >= 0.3 is 5.97 Å². The lowest BCUT2D eigenvalue weighted by molar-refractivity contribution is -0.144. The van der Waals surface area contributed by atoms with Crippen LogP contribution in [0.3, 0.4) is 0 Å². The maximum absolute atomic E-state index is 11.8. The summed E-state index contributed by atoms with van der Waals surface area (Å²) in [5.41, 5.74) is 0. The molecular weight excluding hydrogens is 260 g/mol. The third-order valence-corrected chi connectivity index (χ3v) is 2.93. The van der Waals surface area contributed by atoms with Crippen molar-refractivity contribution in [1.29, 1.82) is 0 Å². The van der Waals surface area contributed by atoms with Crippen molar-refractivity contribution in [2.45, 2.75) is 32.4 Å². The largest absolute Gasteiger partial charge is 0.467 e. The maximum Gasteiger partial charge on any atom is 0.328 e. The highest BCUT2D eigenvalue weighted by Crippen LogP contribution is 2.12. The Labute approximate surface area is 118 Å². The van der Waals surface area contributed by atoms with E-state index in [4.69, 9.17) is 0 Å². The van der Waals surface area contributed by atoms with Crippen molar-refractivity contribution in [3.63, 3.8) is 0 Å². The van der Waals surface area contributed by atoms with Crippen LogP contribution in [0.1, 0.15) is 20.3 Å². The lowest BCUT2D eigenvalue weighted by atomic mass is 10.1. The van der Waals surface area contributed by atoms with Gasteiger partial charge in [-0.15, -0.1) is 0 Å². The Bertz CT molecular complexity index is 430. The topological polar surface area (TPSA) is 84.5 Å². The molecule has 0 bridgehead atoms. The molecule has 0 heterocycles. The summed E-state index contributed by atoms with van der Waals surface area (Å²) in [6.45, 7) is 3.09. The first-order valence-electron chi connectivity index (χ1n) is 6.46. The highest BCUT2D eigenvalue weighted by atomic mass is 16.5. The number of ether oxygens (including phenoxy) is 1. The minimum Gasteiger partial charge on any atom is -0.467 e. The van der Waals surface area contributed by atoms with Crippen molar-refractivity contribution >= 4 is 17.8 Å². The van der Waals surface area contributed by atoms with Gasteiger partial charge in [-0.05, 0) is 13.8 Å². The zero-order valence-corrected chi connectivity index (χ0v) is 11.9. The van der Waals surface area contributed by atoms with Crippen LogP contribution in [0.2, 0.25) is 0 Å². The third-order valence-electron chi connectivity index (χ3n) is 2.93. The number of esters is 1. The summed E-state index contributed by atoms with van der Waals surface area (Å²) in [4.78, 5) is 34.7. The van der Waals surface area contributed by atoms with Crippen LogP contribution in [-0.4, -0.2) is 37.0 Å². The molecule has 2 atom stereocenters. The van der Waals surface area contributed by atoms with Gasteiger partial charge in [-0.25, -0.2) is 4.79 Å². The summed E-state index contributed by atoms with van der Waals surface area (Å²) >= 11 is 0. The molecule has 2 N–H and O–H groups in total. The van der Waals surface area contributed by atoms with E-state index in [2.05, 4.69) is 15.4 Å². The van der Waals surface area contributed by atoms with Gasteiger partial charge < -0.3 is 15.4 Å². The highest BCUT2D eigenvalue weighted by molar-refractivity contribution is 5.90. The number of hydrogen-bond donors (Lipinski definition) is 2. The minimum atomic E-state index is -0.743. The Hall–Kier alpha value is -2.11. The van der Waals surface area contributed by atoms with Gasteiger partial charge in [0.1, 0.15) is 12.1 Å². The molecule has 1 rings (SSSR count). The zero-order chi connectivity index (χ0) is 15.1. The van der Waals surface area contributed by atoms with E-state index in [1.807, 2.05) is 24.3 Å². The van der Waals surface area contributed by atoms with Crippen molar-refractivity contribution in [2.75, 3.05) is 7.11 Å². The molecule has 0 unspecified atom stereocenters. The van der Waals surface area contributed by atoms with Crippen molar-refractivity contribution in [3.05, 3.63) is 24.3 Å². The summed E-state index contributed by atoms with van der Waals surface area (Å²) in [5, 5.41) is 5.07. The molecule has 6 heteroatoms. The molecule has 20 heavy (non-hydrogen) atoms. The normalized spacial score (nSPS) is 16.6. The second-order valence-corrected chi connectivity index (χ2v) is 4.68. The molecule has 0 saturated heterocycles. The van der Waals surface area contributed by atoms with Crippen LogP contribution in [0, 0.1) is 5.92 Å². The molecule has 0 saturated carbocycles. The molecule has 0 aromatic carbocycles. The first-order chi connectivity index (χ1) is 9.43. The van der Waals surface area contributed by atoms with Crippen LogP contribution in [0.15, 0.2) is 24.3 Å². The van der Waals surface area contributed by atoms with Crippen LogP contribution in [0.25, 0.3) is 0 Å². The van der Waals surface area contributed by atoms with Crippen LogP contribution in [-0.2, 0) is 19.1 Å². The van der Waals surface area contributed by atoms with E-state index in [0.717, 1.165) is 0 Å². The molecule has 1 aliphatic carbocycles. The average Bonchev–Trinajstić information content (AvgIpc) is 2.89.